The van der Waals surface area contributed by atoms with E-state index in [0.717, 1.165) is 23.3 Å². The standard InChI is InChI=1S/C16H18FNO/c1-3-13-6-4-5-7-16(13)19-15-9-12(11-18-2)8-14(17)10-15/h4-10,18H,3,11H2,1-2H3. The van der Waals surface area contributed by atoms with Crippen LogP contribution < -0.4 is 10.1 Å². The molecule has 0 atom stereocenters. The molecule has 0 bridgehead atoms. The zero-order chi connectivity index (χ0) is 13.7. The van der Waals surface area contributed by atoms with E-state index in [0.29, 0.717) is 12.3 Å². The highest BCUT2D eigenvalue weighted by molar-refractivity contribution is 5.39. The van der Waals surface area contributed by atoms with Crippen LogP contribution in [0.5, 0.6) is 11.5 Å². The Balaban J connectivity index is 2.27. The minimum atomic E-state index is -0.281. The van der Waals surface area contributed by atoms with Gasteiger partial charge in [-0.25, -0.2) is 4.39 Å². The number of halogens is 1. The van der Waals surface area contributed by atoms with Crippen molar-refractivity contribution in [1.29, 1.82) is 0 Å². The molecule has 0 saturated heterocycles. The summed E-state index contributed by atoms with van der Waals surface area (Å²) in [7, 11) is 1.83. The molecule has 0 spiro atoms. The fourth-order valence-corrected chi connectivity index (χ4v) is 2.01. The highest BCUT2D eigenvalue weighted by Crippen LogP contribution is 2.27. The molecule has 0 aliphatic carbocycles. The molecule has 2 aromatic rings. The van der Waals surface area contributed by atoms with Gasteiger partial charge in [-0.15, -0.1) is 0 Å². The first-order valence-electron chi connectivity index (χ1n) is 6.42. The monoisotopic (exact) mass is 259 g/mol. The summed E-state index contributed by atoms with van der Waals surface area (Å²) >= 11 is 0. The van der Waals surface area contributed by atoms with Gasteiger partial charge in [0.25, 0.3) is 0 Å². The molecule has 0 amide bonds. The lowest BCUT2D eigenvalue weighted by atomic mass is 10.1. The summed E-state index contributed by atoms with van der Waals surface area (Å²) < 4.78 is 19.3. The maximum Gasteiger partial charge on any atom is 0.130 e. The van der Waals surface area contributed by atoms with Crippen molar-refractivity contribution in [3.05, 3.63) is 59.4 Å². The lowest BCUT2D eigenvalue weighted by Gasteiger charge is -2.11. The Morgan fingerprint density at radius 2 is 1.95 bits per heavy atom. The number of para-hydroxylation sites is 1. The number of aryl methyl sites for hydroxylation is 1. The molecule has 0 aliphatic rings. The van der Waals surface area contributed by atoms with Crippen molar-refractivity contribution in [2.75, 3.05) is 7.05 Å². The first-order chi connectivity index (χ1) is 9.22. The number of nitrogens with one attached hydrogen (secondary N) is 1. The molecule has 19 heavy (non-hydrogen) atoms. The topological polar surface area (TPSA) is 21.3 Å². The quantitative estimate of drug-likeness (QED) is 0.879. The minimum Gasteiger partial charge on any atom is -0.457 e. The number of ether oxygens (including phenoxy) is 1. The van der Waals surface area contributed by atoms with E-state index >= 15 is 0 Å². The van der Waals surface area contributed by atoms with E-state index in [-0.39, 0.29) is 5.82 Å². The van der Waals surface area contributed by atoms with Gasteiger partial charge in [0.2, 0.25) is 0 Å². The summed E-state index contributed by atoms with van der Waals surface area (Å²) in [6.45, 7) is 2.68. The van der Waals surface area contributed by atoms with Crippen molar-refractivity contribution >= 4 is 0 Å². The van der Waals surface area contributed by atoms with Gasteiger partial charge in [0.1, 0.15) is 17.3 Å². The van der Waals surface area contributed by atoms with Gasteiger partial charge < -0.3 is 10.1 Å². The normalized spacial score (nSPS) is 10.5. The Labute approximate surface area is 113 Å². The largest absolute Gasteiger partial charge is 0.457 e. The van der Waals surface area contributed by atoms with Crippen LogP contribution in [0.3, 0.4) is 0 Å². The second-order valence-corrected chi connectivity index (χ2v) is 4.39. The van der Waals surface area contributed by atoms with Crippen molar-refractivity contribution in [3.63, 3.8) is 0 Å². The van der Waals surface area contributed by atoms with E-state index in [1.54, 1.807) is 0 Å². The molecule has 0 saturated carbocycles. The fraction of sp³-hybridized carbons (Fsp3) is 0.250. The predicted octanol–water partition coefficient (Wildman–Crippen LogP) is 3.90. The Hall–Kier alpha value is -1.87. The summed E-state index contributed by atoms with van der Waals surface area (Å²) in [6.07, 6.45) is 0.884. The molecule has 1 N–H and O–H groups in total. The first kappa shape index (κ1) is 13.6. The molecule has 0 radical (unpaired) electrons. The van der Waals surface area contributed by atoms with Crippen molar-refractivity contribution in [3.8, 4) is 11.5 Å². The zero-order valence-electron chi connectivity index (χ0n) is 11.2. The molecular weight excluding hydrogens is 241 g/mol. The molecular formula is C16H18FNO. The minimum absolute atomic E-state index is 0.281. The van der Waals surface area contributed by atoms with Crippen LogP contribution >= 0.6 is 0 Å². The van der Waals surface area contributed by atoms with E-state index in [9.17, 15) is 4.39 Å². The highest BCUT2D eigenvalue weighted by atomic mass is 19.1. The Morgan fingerprint density at radius 1 is 1.16 bits per heavy atom. The van der Waals surface area contributed by atoms with E-state index < -0.39 is 0 Å². The van der Waals surface area contributed by atoms with E-state index in [2.05, 4.69) is 12.2 Å². The maximum absolute atomic E-state index is 13.5. The first-order valence-corrected chi connectivity index (χ1v) is 6.42. The van der Waals surface area contributed by atoms with Crippen LogP contribution in [0.15, 0.2) is 42.5 Å². The van der Waals surface area contributed by atoms with E-state index in [4.69, 9.17) is 4.74 Å². The Bertz CT molecular complexity index is 554. The van der Waals surface area contributed by atoms with Crippen LogP contribution in [0.1, 0.15) is 18.1 Å². The fourth-order valence-electron chi connectivity index (χ4n) is 2.01. The summed E-state index contributed by atoms with van der Waals surface area (Å²) in [5, 5.41) is 3.00. The van der Waals surface area contributed by atoms with Gasteiger partial charge in [-0.3, -0.25) is 0 Å². The third-order valence-electron chi connectivity index (χ3n) is 2.89. The van der Waals surface area contributed by atoms with Crippen LogP contribution in [-0.2, 0) is 13.0 Å². The number of benzene rings is 2. The van der Waals surface area contributed by atoms with Crippen molar-refractivity contribution < 1.29 is 9.13 Å². The van der Waals surface area contributed by atoms with Gasteiger partial charge in [-0.1, -0.05) is 25.1 Å². The van der Waals surface area contributed by atoms with Crippen molar-refractivity contribution in [1.82, 2.24) is 5.32 Å². The van der Waals surface area contributed by atoms with Gasteiger partial charge in [0, 0.05) is 12.6 Å². The highest BCUT2D eigenvalue weighted by Gasteiger charge is 2.05. The SMILES string of the molecule is CCc1ccccc1Oc1cc(F)cc(CNC)c1. The number of hydrogen-bond acceptors (Lipinski definition) is 2. The molecule has 0 unspecified atom stereocenters. The summed E-state index contributed by atoms with van der Waals surface area (Å²) in [5.41, 5.74) is 1.98. The van der Waals surface area contributed by atoms with Gasteiger partial charge in [0.15, 0.2) is 0 Å². The van der Waals surface area contributed by atoms with Crippen LogP contribution in [0, 0.1) is 5.82 Å². The average Bonchev–Trinajstić information content (AvgIpc) is 2.39. The zero-order valence-corrected chi connectivity index (χ0v) is 11.2. The second kappa shape index (κ2) is 6.34. The third-order valence-corrected chi connectivity index (χ3v) is 2.89. The molecule has 2 rings (SSSR count). The van der Waals surface area contributed by atoms with Crippen molar-refractivity contribution in [2.45, 2.75) is 19.9 Å². The van der Waals surface area contributed by atoms with Crippen LogP contribution in [-0.4, -0.2) is 7.05 Å². The molecule has 0 heterocycles. The predicted molar refractivity (Wildman–Crippen MR) is 75.1 cm³/mol. The Kier molecular flexibility index (Phi) is 4.53. The van der Waals surface area contributed by atoms with Crippen LogP contribution in [0.25, 0.3) is 0 Å². The molecule has 0 fully saturated rings. The lowest BCUT2D eigenvalue weighted by molar-refractivity contribution is 0.470. The third kappa shape index (κ3) is 3.55. The second-order valence-electron chi connectivity index (χ2n) is 4.39. The van der Waals surface area contributed by atoms with Gasteiger partial charge in [-0.05, 0) is 42.8 Å². The number of rotatable bonds is 5. The maximum atomic E-state index is 13.5. The van der Waals surface area contributed by atoms with Crippen molar-refractivity contribution in [2.24, 2.45) is 0 Å². The molecule has 2 aromatic carbocycles. The molecule has 0 aromatic heterocycles. The van der Waals surface area contributed by atoms with Gasteiger partial charge in [-0.2, -0.15) is 0 Å². The Morgan fingerprint density at radius 3 is 2.68 bits per heavy atom. The van der Waals surface area contributed by atoms with Crippen LogP contribution in [0.4, 0.5) is 4.39 Å². The molecule has 2 nitrogen and oxygen atoms in total. The van der Waals surface area contributed by atoms with E-state index in [1.165, 1.54) is 12.1 Å². The van der Waals surface area contributed by atoms with E-state index in [1.807, 2.05) is 37.4 Å². The smallest absolute Gasteiger partial charge is 0.130 e. The average molecular weight is 259 g/mol. The lowest BCUT2D eigenvalue weighted by Crippen LogP contribution is -2.05. The summed E-state index contributed by atoms with van der Waals surface area (Å²) in [6, 6.07) is 12.6. The van der Waals surface area contributed by atoms with Crippen LogP contribution in [0.2, 0.25) is 0 Å². The van der Waals surface area contributed by atoms with Gasteiger partial charge in [0.05, 0.1) is 0 Å². The van der Waals surface area contributed by atoms with Gasteiger partial charge >= 0.3 is 0 Å². The number of hydrogen-bond donors (Lipinski definition) is 1. The summed E-state index contributed by atoms with van der Waals surface area (Å²) in [5.74, 6) is 1.04. The molecule has 0 aliphatic heterocycles. The summed E-state index contributed by atoms with van der Waals surface area (Å²) in [4.78, 5) is 0. The molecule has 100 valence electrons. The molecule has 3 heteroatoms.